The molecule has 134 valence electrons. The molecule has 0 heterocycles. The van der Waals surface area contributed by atoms with E-state index in [0.717, 1.165) is 31.2 Å². The molecule has 1 aromatic rings. The maximum absolute atomic E-state index is 12.5. The Morgan fingerprint density at radius 2 is 1.75 bits per heavy atom. The van der Waals surface area contributed by atoms with Crippen LogP contribution in [-0.4, -0.2) is 19.0 Å². The minimum Gasteiger partial charge on any atom is -0.465 e. The molecule has 0 aliphatic heterocycles. The molecular formula is C20H31NO3. The van der Waals surface area contributed by atoms with Gasteiger partial charge in [-0.1, -0.05) is 52.7 Å². The number of ether oxygens (including phenoxy) is 1. The first-order valence-electron chi connectivity index (χ1n) is 8.87. The summed E-state index contributed by atoms with van der Waals surface area (Å²) in [5.41, 5.74) is 1.55. The van der Waals surface area contributed by atoms with E-state index in [4.69, 9.17) is 4.74 Å². The quantitative estimate of drug-likeness (QED) is 0.677. The Kier molecular flexibility index (Phi) is 8.51. The Hall–Kier alpha value is -1.84. The number of esters is 1. The van der Waals surface area contributed by atoms with Gasteiger partial charge < -0.3 is 10.1 Å². The molecule has 4 heteroatoms. The highest BCUT2D eigenvalue weighted by Gasteiger charge is 2.20. The number of rotatable bonds is 9. The van der Waals surface area contributed by atoms with Crippen molar-refractivity contribution in [1.82, 2.24) is 5.32 Å². The van der Waals surface area contributed by atoms with Crippen molar-refractivity contribution < 1.29 is 14.3 Å². The highest BCUT2D eigenvalue weighted by molar-refractivity contribution is 5.89. The molecule has 0 radical (unpaired) electrons. The molecule has 1 rings (SSSR count). The lowest BCUT2D eigenvalue weighted by Crippen LogP contribution is -2.33. The Balaban J connectivity index is 2.84. The van der Waals surface area contributed by atoms with Crippen LogP contribution in [-0.2, 0) is 9.53 Å². The second-order valence-corrected chi connectivity index (χ2v) is 6.85. The van der Waals surface area contributed by atoms with E-state index in [2.05, 4.69) is 26.1 Å². The average molecular weight is 333 g/mol. The molecule has 0 saturated carbocycles. The van der Waals surface area contributed by atoms with Crippen molar-refractivity contribution in [3.05, 3.63) is 35.4 Å². The lowest BCUT2D eigenvalue weighted by Gasteiger charge is -2.22. The molecule has 4 nitrogen and oxygen atoms in total. The molecule has 1 unspecified atom stereocenters. The Labute approximate surface area is 146 Å². The zero-order chi connectivity index (χ0) is 18.1. The molecule has 24 heavy (non-hydrogen) atoms. The standard InChI is InChI=1S/C20H31NO3/c1-6-7-8-18(21-19(22)15(4)13-14(2)3)16-9-11-17(12-10-16)20(23)24-5/h9-12,14-15,18H,6-8,13H2,1-5H3,(H,21,22)/t15?,18-/m1/s1. The summed E-state index contributed by atoms with van der Waals surface area (Å²) in [6.07, 6.45) is 3.90. The number of benzene rings is 1. The number of nitrogens with one attached hydrogen (secondary N) is 1. The molecule has 0 aliphatic rings. The SMILES string of the molecule is CCCC[C@@H](NC(=O)C(C)CC(C)C)c1ccc(C(=O)OC)cc1. The van der Waals surface area contributed by atoms with Crippen molar-refractivity contribution in [2.75, 3.05) is 7.11 Å². The van der Waals surface area contributed by atoms with Crippen LogP contribution in [0.15, 0.2) is 24.3 Å². The van der Waals surface area contributed by atoms with E-state index >= 15 is 0 Å². The molecule has 0 bridgehead atoms. The maximum Gasteiger partial charge on any atom is 0.337 e. The Morgan fingerprint density at radius 3 is 2.25 bits per heavy atom. The number of carbonyl (C=O) groups is 2. The molecule has 0 saturated heterocycles. The second kappa shape index (κ2) is 10.1. The van der Waals surface area contributed by atoms with Crippen LogP contribution < -0.4 is 5.32 Å². The smallest absolute Gasteiger partial charge is 0.337 e. The van der Waals surface area contributed by atoms with Gasteiger partial charge in [-0.2, -0.15) is 0 Å². The number of carbonyl (C=O) groups excluding carboxylic acids is 2. The summed E-state index contributed by atoms with van der Waals surface area (Å²) < 4.78 is 4.73. The van der Waals surface area contributed by atoms with E-state index in [9.17, 15) is 9.59 Å². The van der Waals surface area contributed by atoms with Crippen LogP contribution >= 0.6 is 0 Å². The molecule has 0 aliphatic carbocycles. The van der Waals surface area contributed by atoms with E-state index in [1.54, 1.807) is 12.1 Å². The Morgan fingerprint density at radius 1 is 1.12 bits per heavy atom. The summed E-state index contributed by atoms with van der Waals surface area (Å²) in [5.74, 6) is 0.255. The first kappa shape index (κ1) is 20.2. The molecule has 0 spiro atoms. The molecule has 2 atom stereocenters. The van der Waals surface area contributed by atoms with Gasteiger partial charge in [-0.15, -0.1) is 0 Å². The van der Waals surface area contributed by atoms with Crippen LogP contribution in [0, 0.1) is 11.8 Å². The monoisotopic (exact) mass is 333 g/mol. The largest absolute Gasteiger partial charge is 0.465 e. The van der Waals surface area contributed by atoms with Crippen LogP contribution in [0.1, 0.15) is 75.3 Å². The molecule has 1 amide bonds. The fourth-order valence-corrected chi connectivity index (χ4v) is 2.83. The number of amides is 1. The van der Waals surface area contributed by atoms with Gasteiger partial charge in [0.1, 0.15) is 0 Å². The summed E-state index contributed by atoms with van der Waals surface area (Å²) in [6, 6.07) is 7.30. The number of unbranched alkanes of at least 4 members (excludes halogenated alkanes) is 1. The summed E-state index contributed by atoms with van der Waals surface area (Å²) in [7, 11) is 1.37. The van der Waals surface area contributed by atoms with Crippen molar-refractivity contribution >= 4 is 11.9 Å². The zero-order valence-electron chi connectivity index (χ0n) is 15.6. The van der Waals surface area contributed by atoms with Crippen LogP contribution in [0.4, 0.5) is 0 Å². The summed E-state index contributed by atoms with van der Waals surface area (Å²) in [4.78, 5) is 24.0. The predicted octanol–water partition coefficient (Wildman–Crippen LogP) is 4.50. The highest BCUT2D eigenvalue weighted by atomic mass is 16.5. The summed E-state index contributed by atoms with van der Waals surface area (Å²) >= 11 is 0. The van der Waals surface area contributed by atoms with Crippen molar-refractivity contribution in [2.45, 2.75) is 59.4 Å². The van der Waals surface area contributed by atoms with Gasteiger partial charge in [-0.25, -0.2) is 4.79 Å². The van der Waals surface area contributed by atoms with Gasteiger partial charge in [0, 0.05) is 5.92 Å². The maximum atomic E-state index is 12.5. The van der Waals surface area contributed by atoms with Crippen LogP contribution in [0.3, 0.4) is 0 Å². The van der Waals surface area contributed by atoms with Gasteiger partial charge in [-0.3, -0.25) is 4.79 Å². The van der Waals surface area contributed by atoms with Crippen LogP contribution in [0.25, 0.3) is 0 Å². The fraction of sp³-hybridized carbons (Fsp3) is 0.600. The fourth-order valence-electron chi connectivity index (χ4n) is 2.83. The van der Waals surface area contributed by atoms with E-state index in [0.29, 0.717) is 11.5 Å². The highest BCUT2D eigenvalue weighted by Crippen LogP contribution is 2.22. The predicted molar refractivity (Wildman–Crippen MR) is 96.8 cm³/mol. The normalized spacial score (nSPS) is 13.4. The molecule has 0 fully saturated rings. The van der Waals surface area contributed by atoms with Gasteiger partial charge in [0.2, 0.25) is 5.91 Å². The van der Waals surface area contributed by atoms with Crippen molar-refractivity contribution in [3.8, 4) is 0 Å². The lowest BCUT2D eigenvalue weighted by molar-refractivity contribution is -0.125. The van der Waals surface area contributed by atoms with Crippen molar-refractivity contribution in [3.63, 3.8) is 0 Å². The van der Waals surface area contributed by atoms with E-state index < -0.39 is 0 Å². The van der Waals surface area contributed by atoms with E-state index in [1.807, 2.05) is 19.1 Å². The van der Waals surface area contributed by atoms with Gasteiger partial charge >= 0.3 is 5.97 Å². The minimum atomic E-state index is -0.346. The number of methoxy groups -OCH3 is 1. The first-order valence-corrected chi connectivity index (χ1v) is 8.87. The third-order valence-corrected chi connectivity index (χ3v) is 4.17. The van der Waals surface area contributed by atoms with Gasteiger partial charge in [0.05, 0.1) is 18.7 Å². The molecular weight excluding hydrogens is 302 g/mol. The second-order valence-electron chi connectivity index (χ2n) is 6.85. The van der Waals surface area contributed by atoms with Gasteiger partial charge in [0.15, 0.2) is 0 Å². The van der Waals surface area contributed by atoms with Gasteiger partial charge in [-0.05, 0) is 36.5 Å². The van der Waals surface area contributed by atoms with Crippen LogP contribution in [0.5, 0.6) is 0 Å². The van der Waals surface area contributed by atoms with Crippen molar-refractivity contribution in [2.24, 2.45) is 11.8 Å². The number of hydrogen-bond acceptors (Lipinski definition) is 3. The van der Waals surface area contributed by atoms with Crippen LogP contribution in [0.2, 0.25) is 0 Å². The Bertz CT molecular complexity index is 522. The van der Waals surface area contributed by atoms with Gasteiger partial charge in [0.25, 0.3) is 0 Å². The third-order valence-electron chi connectivity index (χ3n) is 4.17. The molecule has 1 N–H and O–H groups in total. The third kappa shape index (κ3) is 6.34. The lowest BCUT2D eigenvalue weighted by atomic mass is 9.95. The minimum absolute atomic E-state index is 0.00321. The van der Waals surface area contributed by atoms with E-state index in [-0.39, 0.29) is 23.8 Å². The average Bonchev–Trinajstić information content (AvgIpc) is 2.57. The van der Waals surface area contributed by atoms with E-state index in [1.165, 1.54) is 7.11 Å². The topological polar surface area (TPSA) is 55.4 Å². The first-order chi connectivity index (χ1) is 11.4. The summed E-state index contributed by atoms with van der Waals surface area (Å²) in [6.45, 7) is 8.38. The van der Waals surface area contributed by atoms with Crippen molar-refractivity contribution in [1.29, 1.82) is 0 Å². The molecule has 1 aromatic carbocycles. The number of hydrogen-bond donors (Lipinski definition) is 1. The molecule has 0 aromatic heterocycles. The zero-order valence-corrected chi connectivity index (χ0v) is 15.6. The summed E-state index contributed by atoms with van der Waals surface area (Å²) in [5, 5.41) is 3.18.